The fourth-order valence-corrected chi connectivity index (χ4v) is 2.68. The van der Waals surface area contributed by atoms with Crippen LogP contribution >= 0.6 is 11.6 Å². The summed E-state index contributed by atoms with van der Waals surface area (Å²) < 4.78 is 7.24. The third-order valence-corrected chi connectivity index (χ3v) is 3.87. The summed E-state index contributed by atoms with van der Waals surface area (Å²) >= 11 is 6.34. The molecule has 0 N–H and O–H groups in total. The molecule has 0 aliphatic rings. The largest absolute Gasteiger partial charge is 0.385 e. The number of carbonyl (C=O) groups excluding carboxylic acids is 1. The summed E-state index contributed by atoms with van der Waals surface area (Å²) in [4.78, 5) is 11.1. The highest BCUT2D eigenvalue weighted by atomic mass is 35.5. The molecule has 0 fully saturated rings. The van der Waals surface area contributed by atoms with Gasteiger partial charge in [-0.05, 0) is 25.7 Å². The Bertz CT molecular complexity index is 412. The van der Waals surface area contributed by atoms with Gasteiger partial charge in [0.05, 0.1) is 10.6 Å². The summed E-state index contributed by atoms with van der Waals surface area (Å²) in [5, 5.41) is 0.620. The maximum atomic E-state index is 11.1. The highest BCUT2D eigenvalue weighted by Gasteiger charge is 2.21. The number of nitrogens with zero attached hydrogens (tertiary/aromatic N) is 1. The Morgan fingerprint density at radius 2 is 2.17 bits per heavy atom. The van der Waals surface area contributed by atoms with Crippen molar-refractivity contribution < 1.29 is 9.53 Å². The van der Waals surface area contributed by atoms with Gasteiger partial charge in [-0.2, -0.15) is 0 Å². The first-order valence-electron chi connectivity index (χ1n) is 6.41. The topological polar surface area (TPSA) is 31.2 Å². The van der Waals surface area contributed by atoms with Crippen LogP contribution in [-0.2, 0) is 11.3 Å². The molecule has 18 heavy (non-hydrogen) atoms. The zero-order chi connectivity index (χ0) is 13.7. The second kappa shape index (κ2) is 6.95. The van der Waals surface area contributed by atoms with E-state index in [4.69, 9.17) is 16.3 Å². The number of methoxy groups -OCH3 is 1. The summed E-state index contributed by atoms with van der Waals surface area (Å²) in [6, 6.07) is 0. The van der Waals surface area contributed by atoms with Crippen molar-refractivity contribution in [3.05, 3.63) is 22.0 Å². The second-order valence-electron chi connectivity index (χ2n) is 4.62. The van der Waals surface area contributed by atoms with Gasteiger partial charge in [0.2, 0.25) is 0 Å². The molecule has 1 aromatic heterocycles. The van der Waals surface area contributed by atoms with Crippen LogP contribution in [0.3, 0.4) is 0 Å². The van der Waals surface area contributed by atoms with Crippen LogP contribution in [0.4, 0.5) is 0 Å². The molecule has 102 valence electrons. The standard InChI is InChI=1S/C14H22ClNO2/c1-5-10(2)14-13(15)12(9-17)11(3)16(14)7-6-8-18-4/h9-10H,5-8H2,1-4H3. The van der Waals surface area contributed by atoms with Gasteiger partial charge >= 0.3 is 0 Å². The van der Waals surface area contributed by atoms with Crippen LogP contribution in [0.15, 0.2) is 0 Å². The lowest BCUT2D eigenvalue weighted by Gasteiger charge is -2.16. The molecule has 1 aromatic rings. The van der Waals surface area contributed by atoms with Gasteiger partial charge in [0.25, 0.3) is 0 Å². The van der Waals surface area contributed by atoms with E-state index in [1.165, 1.54) is 0 Å². The van der Waals surface area contributed by atoms with Gasteiger partial charge in [0.1, 0.15) is 0 Å². The van der Waals surface area contributed by atoms with E-state index in [1.807, 2.05) is 6.92 Å². The summed E-state index contributed by atoms with van der Waals surface area (Å²) in [6.45, 7) is 7.78. The number of hydrogen-bond donors (Lipinski definition) is 0. The van der Waals surface area contributed by atoms with Crippen LogP contribution in [0.25, 0.3) is 0 Å². The molecule has 0 aliphatic carbocycles. The predicted molar refractivity (Wildman–Crippen MR) is 74.8 cm³/mol. The van der Waals surface area contributed by atoms with Gasteiger partial charge < -0.3 is 9.30 Å². The molecule has 0 aliphatic heterocycles. The van der Waals surface area contributed by atoms with Gasteiger partial charge in [0.15, 0.2) is 6.29 Å². The molecule has 4 heteroatoms. The first kappa shape index (κ1) is 15.3. The number of ether oxygens (including phenoxy) is 1. The molecule has 0 radical (unpaired) electrons. The van der Waals surface area contributed by atoms with E-state index in [9.17, 15) is 4.79 Å². The average Bonchev–Trinajstić information content (AvgIpc) is 2.60. The molecule has 1 rings (SSSR count). The average molecular weight is 272 g/mol. The molecule has 1 heterocycles. The maximum absolute atomic E-state index is 11.1. The van der Waals surface area contributed by atoms with Crippen molar-refractivity contribution in [3.63, 3.8) is 0 Å². The minimum Gasteiger partial charge on any atom is -0.385 e. The molecule has 0 bridgehead atoms. The van der Waals surface area contributed by atoms with Crippen molar-refractivity contribution in [3.8, 4) is 0 Å². The second-order valence-corrected chi connectivity index (χ2v) is 5.00. The van der Waals surface area contributed by atoms with Crippen molar-refractivity contribution >= 4 is 17.9 Å². The van der Waals surface area contributed by atoms with E-state index in [2.05, 4.69) is 18.4 Å². The Hall–Kier alpha value is -0.800. The van der Waals surface area contributed by atoms with Crippen molar-refractivity contribution in [1.82, 2.24) is 4.57 Å². The molecule has 1 atom stereocenters. The number of hydrogen-bond acceptors (Lipinski definition) is 2. The fraction of sp³-hybridized carbons (Fsp3) is 0.643. The third kappa shape index (κ3) is 2.96. The number of aldehydes is 1. The van der Waals surface area contributed by atoms with Gasteiger partial charge in [-0.15, -0.1) is 0 Å². The van der Waals surface area contributed by atoms with Crippen LogP contribution < -0.4 is 0 Å². The van der Waals surface area contributed by atoms with E-state index in [1.54, 1.807) is 7.11 Å². The summed E-state index contributed by atoms with van der Waals surface area (Å²) in [5.41, 5.74) is 2.67. The molecule has 1 unspecified atom stereocenters. The molecule has 0 amide bonds. The number of aromatic nitrogens is 1. The van der Waals surface area contributed by atoms with Gasteiger partial charge in [-0.25, -0.2) is 0 Å². The summed E-state index contributed by atoms with van der Waals surface area (Å²) in [6.07, 6.45) is 2.78. The Morgan fingerprint density at radius 1 is 1.50 bits per heavy atom. The summed E-state index contributed by atoms with van der Waals surface area (Å²) in [7, 11) is 1.70. The van der Waals surface area contributed by atoms with Crippen molar-refractivity contribution in [2.45, 2.75) is 46.1 Å². The van der Waals surface area contributed by atoms with E-state index < -0.39 is 0 Å². The molecule has 0 aromatic carbocycles. The highest BCUT2D eigenvalue weighted by Crippen LogP contribution is 2.33. The zero-order valence-electron chi connectivity index (χ0n) is 11.6. The first-order valence-corrected chi connectivity index (χ1v) is 6.78. The zero-order valence-corrected chi connectivity index (χ0v) is 12.4. The molecule has 0 saturated heterocycles. The van der Waals surface area contributed by atoms with E-state index in [0.717, 1.165) is 37.1 Å². The Kier molecular flexibility index (Phi) is 5.89. The minimum absolute atomic E-state index is 0.354. The van der Waals surface area contributed by atoms with Crippen LogP contribution in [0.2, 0.25) is 5.02 Å². The Balaban J connectivity index is 3.15. The smallest absolute Gasteiger partial charge is 0.153 e. The van der Waals surface area contributed by atoms with Crippen molar-refractivity contribution in [1.29, 1.82) is 0 Å². The number of carbonyl (C=O) groups is 1. The van der Waals surface area contributed by atoms with Crippen LogP contribution in [-0.4, -0.2) is 24.6 Å². The lowest BCUT2D eigenvalue weighted by Crippen LogP contribution is -2.09. The van der Waals surface area contributed by atoms with Crippen LogP contribution in [0.5, 0.6) is 0 Å². The van der Waals surface area contributed by atoms with Crippen molar-refractivity contribution in [2.24, 2.45) is 0 Å². The molecule has 0 spiro atoms. The van der Waals surface area contributed by atoms with Crippen LogP contribution in [0.1, 0.15) is 54.4 Å². The Morgan fingerprint density at radius 3 is 2.67 bits per heavy atom. The van der Waals surface area contributed by atoms with E-state index >= 15 is 0 Å². The highest BCUT2D eigenvalue weighted by molar-refractivity contribution is 6.34. The van der Waals surface area contributed by atoms with Gasteiger partial charge in [0, 0.05) is 31.6 Å². The molecule has 3 nitrogen and oxygen atoms in total. The third-order valence-electron chi connectivity index (χ3n) is 3.47. The first-order chi connectivity index (χ1) is 8.58. The molecule has 0 saturated carbocycles. The quantitative estimate of drug-likeness (QED) is 0.558. The van der Waals surface area contributed by atoms with E-state index in [0.29, 0.717) is 23.1 Å². The fourth-order valence-electron chi connectivity index (χ4n) is 2.21. The van der Waals surface area contributed by atoms with E-state index in [-0.39, 0.29) is 0 Å². The lowest BCUT2D eigenvalue weighted by molar-refractivity contribution is 0.112. The molecular formula is C14H22ClNO2. The van der Waals surface area contributed by atoms with Crippen molar-refractivity contribution in [2.75, 3.05) is 13.7 Å². The van der Waals surface area contributed by atoms with Crippen LogP contribution in [0, 0.1) is 6.92 Å². The van der Waals surface area contributed by atoms with Gasteiger partial charge in [-0.1, -0.05) is 25.4 Å². The normalized spacial score (nSPS) is 12.7. The SMILES string of the molecule is CCC(C)c1c(Cl)c(C=O)c(C)n1CCCOC. The monoisotopic (exact) mass is 271 g/mol. The van der Waals surface area contributed by atoms with Gasteiger partial charge in [-0.3, -0.25) is 4.79 Å². The predicted octanol–water partition coefficient (Wildman–Crippen LogP) is 3.81. The molecular weight excluding hydrogens is 250 g/mol. The minimum atomic E-state index is 0.354. The Labute approximate surface area is 114 Å². The maximum Gasteiger partial charge on any atom is 0.153 e. The number of halogens is 1. The lowest BCUT2D eigenvalue weighted by atomic mass is 10.0. The summed E-state index contributed by atoms with van der Waals surface area (Å²) in [5.74, 6) is 0.354. The number of rotatable bonds is 7.